The molecule has 1 aliphatic carbocycles. The Hall–Kier alpha value is -1.12. The number of hydrogen-bond acceptors (Lipinski definition) is 2. The van der Waals surface area contributed by atoms with Gasteiger partial charge in [-0.15, -0.1) is 0 Å². The third kappa shape index (κ3) is 3.99. The van der Waals surface area contributed by atoms with Crippen molar-refractivity contribution in [2.75, 3.05) is 0 Å². The van der Waals surface area contributed by atoms with E-state index in [2.05, 4.69) is 20.8 Å². The monoisotopic (exact) mass is 238 g/mol. The van der Waals surface area contributed by atoms with E-state index < -0.39 is 12.4 Å². The second-order valence-electron chi connectivity index (χ2n) is 5.78. The van der Waals surface area contributed by atoms with Gasteiger partial charge in [-0.3, -0.25) is 9.59 Å². The van der Waals surface area contributed by atoms with Crippen molar-refractivity contribution in [2.24, 2.45) is 17.3 Å². The maximum Gasteiger partial charge on any atom is 0.311 e. The Labute approximate surface area is 103 Å². The maximum absolute atomic E-state index is 11.3. The van der Waals surface area contributed by atoms with E-state index in [-0.39, 0.29) is 11.2 Å². The van der Waals surface area contributed by atoms with Crippen LogP contribution in [-0.2, 0) is 9.59 Å². The van der Waals surface area contributed by atoms with Crippen molar-refractivity contribution in [1.82, 2.24) is 0 Å². The van der Waals surface area contributed by atoms with Crippen molar-refractivity contribution < 1.29 is 14.7 Å². The minimum absolute atomic E-state index is 0.206. The standard InChI is InChI=1S/C14H22O3/c1-10-5-4-8-14(2,3)12(10)7-6-11(15)9-13(16)17/h6-7,10,12H,4-5,8-9H2,1-3H3,(H,16,17). The fourth-order valence-corrected chi connectivity index (χ4v) is 2.87. The van der Waals surface area contributed by atoms with Crippen LogP contribution in [0.2, 0.25) is 0 Å². The van der Waals surface area contributed by atoms with Gasteiger partial charge in [-0.2, -0.15) is 0 Å². The number of rotatable bonds is 4. The fourth-order valence-electron chi connectivity index (χ4n) is 2.87. The zero-order chi connectivity index (χ0) is 13.1. The molecule has 0 aliphatic heterocycles. The lowest BCUT2D eigenvalue weighted by Gasteiger charge is -2.41. The molecule has 0 aromatic rings. The first kappa shape index (κ1) is 13.9. The van der Waals surface area contributed by atoms with Crippen LogP contribution in [0.25, 0.3) is 0 Å². The summed E-state index contributed by atoms with van der Waals surface area (Å²) in [5, 5.41) is 8.52. The summed E-state index contributed by atoms with van der Waals surface area (Å²) >= 11 is 0. The fraction of sp³-hybridized carbons (Fsp3) is 0.714. The number of hydrogen-bond donors (Lipinski definition) is 1. The molecule has 0 bridgehead atoms. The molecule has 3 nitrogen and oxygen atoms in total. The van der Waals surface area contributed by atoms with Gasteiger partial charge in [-0.1, -0.05) is 39.7 Å². The summed E-state index contributed by atoms with van der Waals surface area (Å²) in [7, 11) is 0. The minimum Gasteiger partial charge on any atom is -0.481 e. The van der Waals surface area contributed by atoms with Crippen LogP contribution in [-0.4, -0.2) is 16.9 Å². The summed E-state index contributed by atoms with van der Waals surface area (Å²) in [4.78, 5) is 21.7. The van der Waals surface area contributed by atoms with Crippen molar-refractivity contribution in [3.8, 4) is 0 Å². The summed E-state index contributed by atoms with van der Waals surface area (Å²) in [5.74, 6) is -0.441. The van der Waals surface area contributed by atoms with Crippen molar-refractivity contribution in [1.29, 1.82) is 0 Å². The molecule has 0 radical (unpaired) electrons. The number of carboxylic acid groups (broad SMARTS) is 1. The van der Waals surface area contributed by atoms with E-state index in [1.54, 1.807) is 0 Å². The SMILES string of the molecule is CC1CCCC(C)(C)C1C=CC(=O)CC(=O)O. The Kier molecular flexibility index (Phi) is 4.49. The van der Waals surface area contributed by atoms with Gasteiger partial charge in [0.15, 0.2) is 5.78 Å². The smallest absolute Gasteiger partial charge is 0.311 e. The quantitative estimate of drug-likeness (QED) is 0.605. The normalized spacial score (nSPS) is 28.2. The van der Waals surface area contributed by atoms with E-state index >= 15 is 0 Å². The number of aliphatic carboxylic acids is 1. The predicted octanol–water partition coefficient (Wildman–Crippen LogP) is 3.05. The van der Waals surface area contributed by atoms with Gasteiger partial charge in [0, 0.05) is 0 Å². The molecule has 1 saturated carbocycles. The van der Waals surface area contributed by atoms with Gasteiger partial charge in [0.1, 0.15) is 6.42 Å². The molecule has 0 aromatic heterocycles. The maximum atomic E-state index is 11.3. The lowest BCUT2D eigenvalue weighted by molar-refractivity contribution is -0.139. The topological polar surface area (TPSA) is 54.4 Å². The van der Waals surface area contributed by atoms with Crippen molar-refractivity contribution >= 4 is 11.8 Å². The molecule has 96 valence electrons. The number of carbonyl (C=O) groups excluding carboxylic acids is 1. The summed E-state index contributed by atoms with van der Waals surface area (Å²) in [6.07, 6.45) is 6.57. The molecular formula is C14H22O3. The highest BCUT2D eigenvalue weighted by atomic mass is 16.4. The molecular weight excluding hydrogens is 216 g/mol. The highest BCUT2D eigenvalue weighted by Gasteiger charge is 2.34. The lowest BCUT2D eigenvalue weighted by Crippen LogP contribution is -2.32. The molecule has 1 N–H and O–H groups in total. The summed E-state index contributed by atoms with van der Waals surface area (Å²) in [6, 6.07) is 0. The van der Waals surface area contributed by atoms with Gasteiger partial charge in [0.2, 0.25) is 0 Å². The summed E-state index contributed by atoms with van der Waals surface area (Å²) in [5.41, 5.74) is 0.206. The number of ketones is 1. The van der Waals surface area contributed by atoms with Gasteiger partial charge in [-0.25, -0.2) is 0 Å². The van der Waals surface area contributed by atoms with Crippen LogP contribution in [0, 0.1) is 17.3 Å². The van der Waals surface area contributed by atoms with Gasteiger partial charge in [0.25, 0.3) is 0 Å². The first-order chi connectivity index (χ1) is 7.83. The molecule has 2 unspecified atom stereocenters. The van der Waals surface area contributed by atoms with E-state index in [0.717, 1.165) is 0 Å². The Morgan fingerprint density at radius 2 is 2.06 bits per heavy atom. The summed E-state index contributed by atoms with van der Waals surface area (Å²) in [6.45, 7) is 6.65. The Balaban J connectivity index is 2.67. The molecule has 1 rings (SSSR count). The Bertz CT molecular complexity index is 328. The van der Waals surface area contributed by atoms with Crippen LogP contribution in [0.3, 0.4) is 0 Å². The van der Waals surface area contributed by atoms with Crippen LogP contribution in [0.5, 0.6) is 0 Å². The van der Waals surface area contributed by atoms with Gasteiger partial charge in [-0.05, 0) is 29.7 Å². The Morgan fingerprint density at radius 3 is 2.59 bits per heavy atom. The molecule has 0 aromatic carbocycles. The average Bonchev–Trinajstić information content (AvgIpc) is 2.14. The first-order valence-electron chi connectivity index (χ1n) is 6.26. The van der Waals surface area contributed by atoms with Crippen LogP contribution >= 0.6 is 0 Å². The largest absolute Gasteiger partial charge is 0.481 e. The van der Waals surface area contributed by atoms with Crippen molar-refractivity contribution in [3.05, 3.63) is 12.2 Å². The van der Waals surface area contributed by atoms with Gasteiger partial charge in [0.05, 0.1) is 0 Å². The highest BCUT2D eigenvalue weighted by molar-refractivity contribution is 6.01. The van der Waals surface area contributed by atoms with E-state index in [1.807, 2.05) is 6.08 Å². The van der Waals surface area contributed by atoms with E-state index in [0.29, 0.717) is 11.8 Å². The molecule has 2 atom stereocenters. The van der Waals surface area contributed by atoms with Crippen molar-refractivity contribution in [2.45, 2.75) is 46.5 Å². The number of carboxylic acids is 1. The highest BCUT2D eigenvalue weighted by Crippen LogP contribution is 2.44. The average molecular weight is 238 g/mol. The second-order valence-corrected chi connectivity index (χ2v) is 5.78. The molecule has 0 heterocycles. The van der Waals surface area contributed by atoms with E-state index in [9.17, 15) is 9.59 Å². The van der Waals surface area contributed by atoms with Crippen LogP contribution < -0.4 is 0 Å². The minimum atomic E-state index is -1.06. The molecule has 1 fully saturated rings. The Morgan fingerprint density at radius 1 is 1.41 bits per heavy atom. The molecule has 17 heavy (non-hydrogen) atoms. The zero-order valence-electron chi connectivity index (χ0n) is 10.9. The third-order valence-corrected chi connectivity index (χ3v) is 3.81. The van der Waals surface area contributed by atoms with Crippen LogP contribution in [0.15, 0.2) is 12.2 Å². The second kappa shape index (κ2) is 5.48. The third-order valence-electron chi connectivity index (χ3n) is 3.81. The molecule has 0 amide bonds. The predicted molar refractivity (Wildman–Crippen MR) is 66.7 cm³/mol. The lowest BCUT2D eigenvalue weighted by atomic mass is 9.64. The van der Waals surface area contributed by atoms with Gasteiger partial charge < -0.3 is 5.11 Å². The molecule has 3 heteroatoms. The van der Waals surface area contributed by atoms with Crippen LogP contribution in [0.4, 0.5) is 0 Å². The summed E-state index contributed by atoms with van der Waals surface area (Å²) < 4.78 is 0. The van der Waals surface area contributed by atoms with E-state index in [1.165, 1.54) is 25.3 Å². The van der Waals surface area contributed by atoms with Crippen LogP contribution in [0.1, 0.15) is 46.5 Å². The zero-order valence-corrected chi connectivity index (χ0v) is 10.9. The number of carbonyl (C=O) groups is 2. The molecule has 0 spiro atoms. The van der Waals surface area contributed by atoms with Crippen molar-refractivity contribution in [3.63, 3.8) is 0 Å². The first-order valence-corrected chi connectivity index (χ1v) is 6.26. The van der Waals surface area contributed by atoms with Gasteiger partial charge >= 0.3 is 5.97 Å². The molecule has 0 saturated heterocycles. The van der Waals surface area contributed by atoms with E-state index in [4.69, 9.17) is 5.11 Å². The molecule has 1 aliphatic rings. The number of allylic oxidation sites excluding steroid dienone is 2.